The first kappa shape index (κ1) is 15.3. The molecule has 0 spiro atoms. The number of para-hydroxylation sites is 2. The molecule has 0 radical (unpaired) electrons. The van der Waals surface area contributed by atoms with Crippen LogP contribution in [0.1, 0.15) is 18.5 Å². The number of benzene rings is 2. The molecule has 0 aliphatic heterocycles. The van der Waals surface area contributed by atoms with E-state index in [1.54, 1.807) is 19.2 Å². The Labute approximate surface area is 124 Å². The lowest BCUT2D eigenvalue weighted by Gasteiger charge is -2.18. The van der Waals surface area contributed by atoms with Crippen LogP contribution in [-0.4, -0.2) is 15.5 Å². The molecule has 5 nitrogen and oxygen atoms in total. The highest BCUT2D eigenvalue weighted by molar-refractivity contribution is 7.89. The monoisotopic (exact) mass is 306 g/mol. The first-order valence-corrected chi connectivity index (χ1v) is 7.99. The predicted octanol–water partition coefficient (Wildman–Crippen LogP) is 2.52. The van der Waals surface area contributed by atoms with Crippen molar-refractivity contribution in [1.29, 1.82) is 0 Å². The SMILES string of the molecule is COc1ccccc1NC(C)c1ccc(S(N)(=O)=O)cc1. The maximum Gasteiger partial charge on any atom is 0.238 e. The molecule has 2 aromatic carbocycles. The lowest BCUT2D eigenvalue weighted by Crippen LogP contribution is -2.13. The number of ether oxygens (including phenoxy) is 1. The van der Waals surface area contributed by atoms with E-state index in [0.717, 1.165) is 17.0 Å². The van der Waals surface area contributed by atoms with E-state index in [-0.39, 0.29) is 10.9 Å². The van der Waals surface area contributed by atoms with E-state index < -0.39 is 10.0 Å². The van der Waals surface area contributed by atoms with Gasteiger partial charge in [0.05, 0.1) is 17.7 Å². The molecule has 0 amide bonds. The topological polar surface area (TPSA) is 81.4 Å². The fourth-order valence-corrected chi connectivity index (χ4v) is 2.54. The van der Waals surface area contributed by atoms with Crippen LogP contribution in [0.2, 0.25) is 0 Å². The number of primary sulfonamides is 1. The lowest BCUT2D eigenvalue weighted by atomic mass is 10.1. The van der Waals surface area contributed by atoms with Crippen LogP contribution >= 0.6 is 0 Å². The minimum Gasteiger partial charge on any atom is -0.495 e. The Hall–Kier alpha value is -2.05. The molecule has 2 rings (SSSR count). The third-order valence-corrected chi connectivity index (χ3v) is 4.12. The van der Waals surface area contributed by atoms with Crippen LogP contribution in [0.25, 0.3) is 0 Å². The van der Waals surface area contributed by atoms with Crippen molar-refractivity contribution in [1.82, 2.24) is 0 Å². The van der Waals surface area contributed by atoms with Gasteiger partial charge >= 0.3 is 0 Å². The van der Waals surface area contributed by atoms with Gasteiger partial charge in [0.15, 0.2) is 0 Å². The van der Waals surface area contributed by atoms with Gasteiger partial charge in [-0.2, -0.15) is 0 Å². The summed E-state index contributed by atoms with van der Waals surface area (Å²) in [6, 6.07) is 14.1. The molecule has 0 heterocycles. The Morgan fingerprint density at radius 3 is 2.29 bits per heavy atom. The van der Waals surface area contributed by atoms with Gasteiger partial charge in [-0.05, 0) is 36.8 Å². The van der Waals surface area contributed by atoms with Gasteiger partial charge in [-0.25, -0.2) is 13.6 Å². The third kappa shape index (κ3) is 3.74. The van der Waals surface area contributed by atoms with Crippen LogP contribution in [0.3, 0.4) is 0 Å². The summed E-state index contributed by atoms with van der Waals surface area (Å²) in [4.78, 5) is 0.107. The van der Waals surface area contributed by atoms with E-state index in [2.05, 4.69) is 5.32 Å². The Morgan fingerprint density at radius 1 is 1.10 bits per heavy atom. The molecule has 112 valence electrons. The molecular weight excluding hydrogens is 288 g/mol. The number of anilines is 1. The number of nitrogens with two attached hydrogens (primary N) is 1. The Bertz CT molecular complexity index is 712. The average Bonchev–Trinajstić information content (AvgIpc) is 2.47. The molecule has 21 heavy (non-hydrogen) atoms. The number of nitrogens with one attached hydrogen (secondary N) is 1. The maximum absolute atomic E-state index is 11.2. The fourth-order valence-electron chi connectivity index (χ4n) is 2.03. The minimum absolute atomic E-state index is 0.00386. The van der Waals surface area contributed by atoms with Gasteiger partial charge in [0, 0.05) is 6.04 Å². The van der Waals surface area contributed by atoms with Crippen LogP contribution < -0.4 is 15.2 Å². The number of sulfonamides is 1. The van der Waals surface area contributed by atoms with Crippen molar-refractivity contribution in [2.24, 2.45) is 5.14 Å². The summed E-state index contributed by atoms with van der Waals surface area (Å²) < 4.78 is 27.8. The van der Waals surface area contributed by atoms with Crippen molar-refractivity contribution in [2.45, 2.75) is 17.9 Å². The van der Waals surface area contributed by atoms with Crippen LogP contribution in [0.5, 0.6) is 5.75 Å². The summed E-state index contributed by atoms with van der Waals surface area (Å²) >= 11 is 0. The van der Waals surface area contributed by atoms with Crippen LogP contribution in [-0.2, 0) is 10.0 Å². The van der Waals surface area contributed by atoms with E-state index in [0.29, 0.717) is 0 Å². The molecule has 0 aromatic heterocycles. The van der Waals surface area contributed by atoms with Crippen LogP contribution in [0.15, 0.2) is 53.4 Å². The predicted molar refractivity (Wildman–Crippen MR) is 82.8 cm³/mol. The highest BCUT2D eigenvalue weighted by Crippen LogP contribution is 2.27. The summed E-state index contributed by atoms with van der Waals surface area (Å²) in [5.74, 6) is 0.755. The van der Waals surface area contributed by atoms with Crippen molar-refractivity contribution in [3.63, 3.8) is 0 Å². The number of hydrogen-bond acceptors (Lipinski definition) is 4. The van der Waals surface area contributed by atoms with E-state index >= 15 is 0 Å². The van der Waals surface area contributed by atoms with Gasteiger partial charge in [0.1, 0.15) is 5.75 Å². The molecule has 0 aliphatic carbocycles. The van der Waals surface area contributed by atoms with E-state index in [9.17, 15) is 8.42 Å². The van der Waals surface area contributed by atoms with Gasteiger partial charge in [0.2, 0.25) is 10.0 Å². The normalized spacial score (nSPS) is 12.7. The smallest absolute Gasteiger partial charge is 0.238 e. The zero-order chi connectivity index (χ0) is 15.5. The second kappa shape index (κ2) is 6.15. The van der Waals surface area contributed by atoms with Crippen molar-refractivity contribution < 1.29 is 13.2 Å². The van der Waals surface area contributed by atoms with E-state index in [1.165, 1.54) is 12.1 Å². The fraction of sp³-hybridized carbons (Fsp3) is 0.200. The number of rotatable bonds is 5. The van der Waals surface area contributed by atoms with Gasteiger partial charge < -0.3 is 10.1 Å². The van der Waals surface area contributed by atoms with E-state index in [4.69, 9.17) is 9.88 Å². The second-order valence-electron chi connectivity index (χ2n) is 4.68. The van der Waals surface area contributed by atoms with Crippen LogP contribution in [0, 0.1) is 0 Å². The summed E-state index contributed by atoms with van der Waals surface area (Å²) in [7, 11) is -2.04. The van der Waals surface area contributed by atoms with Crippen molar-refractivity contribution >= 4 is 15.7 Å². The lowest BCUT2D eigenvalue weighted by molar-refractivity contribution is 0.416. The van der Waals surface area contributed by atoms with Gasteiger partial charge in [0.25, 0.3) is 0 Å². The average molecular weight is 306 g/mol. The molecule has 1 atom stereocenters. The third-order valence-electron chi connectivity index (χ3n) is 3.19. The standard InChI is InChI=1S/C15H18N2O3S/c1-11(17-14-5-3-4-6-15(14)20-2)12-7-9-13(10-8-12)21(16,18)19/h3-11,17H,1-2H3,(H2,16,18,19). The molecule has 1 unspecified atom stereocenters. The molecule has 0 saturated carbocycles. The molecule has 2 aromatic rings. The van der Waals surface area contributed by atoms with Crippen LogP contribution in [0.4, 0.5) is 5.69 Å². The van der Waals surface area contributed by atoms with Gasteiger partial charge in [-0.1, -0.05) is 24.3 Å². The molecule has 0 aliphatic rings. The Morgan fingerprint density at radius 2 is 1.71 bits per heavy atom. The molecule has 0 bridgehead atoms. The molecule has 0 saturated heterocycles. The van der Waals surface area contributed by atoms with Crippen molar-refractivity contribution in [3.8, 4) is 5.75 Å². The zero-order valence-electron chi connectivity index (χ0n) is 11.9. The second-order valence-corrected chi connectivity index (χ2v) is 6.24. The Kier molecular flexibility index (Phi) is 4.50. The summed E-state index contributed by atoms with van der Waals surface area (Å²) in [5, 5.41) is 8.41. The first-order chi connectivity index (χ1) is 9.91. The molecule has 6 heteroatoms. The van der Waals surface area contributed by atoms with Crippen molar-refractivity contribution in [2.75, 3.05) is 12.4 Å². The van der Waals surface area contributed by atoms with Gasteiger partial charge in [-0.3, -0.25) is 0 Å². The molecular formula is C15H18N2O3S. The Balaban J connectivity index is 2.19. The quantitative estimate of drug-likeness (QED) is 0.889. The highest BCUT2D eigenvalue weighted by Gasteiger charge is 2.11. The summed E-state index contributed by atoms with van der Waals surface area (Å²) in [5.41, 5.74) is 1.83. The zero-order valence-corrected chi connectivity index (χ0v) is 12.7. The minimum atomic E-state index is -3.66. The first-order valence-electron chi connectivity index (χ1n) is 6.44. The highest BCUT2D eigenvalue weighted by atomic mass is 32.2. The molecule has 0 fully saturated rings. The number of hydrogen-bond donors (Lipinski definition) is 2. The summed E-state index contributed by atoms with van der Waals surface area (Å²) in [6.45, 7) is 1.98. The van der Waals surface area contributed by atoms with E-state index in [1.807, 2.05) is 31.2 Å². The number of methoxy groups -OCH3 is 1. The van der Waals surface area contributed by atoms with Crippen molar-refractivity contribution in [3.05, 3.63) is 54.1 Å². The maximum atomic E-state index is 11.2. The summed E-state index contributed by atoms with van der Waals surface area (Å²) in [6.07, 6.45) is 0. The van der Waals surface area contributed by atoms with Gasteiger partial charge in [-0.15, -0.1) is 0 Å². The largest absolute Gasteiger partial charge is 0.495 e. The molecule has 3 N–H and O–H groups in total.